The van der Waals surface area contributed by atoms with Crippen LogP contribution >= 0.6 is 0 Å². The van der Waals surface area contributed by atoms with E-state index in [0.29, 0.717) is 17.9 Å². The minimum Gasteiger partial charge on any atom is -0.481 e. The van der Waals surface area contributed by atoms with Gasteiger partial charge in [0.05, 0.1) is 18.3 Å². The van der Waals surface area contributed by atoms with Crippen molar-refractivity contribution in [2.24, 2.45) is 0 Å². The molecule has 1 aromatic rings. The molecule has 2 fully saturated rings. The van der Waals surface area contributed by atoms with Crippen molar-refractivity contribution in [1.82, 2.24) is 4.98 Å². The van der Waals surface area contributed by atoms with E-state index in [0.717, 1.165) is 18.3 Å². The quantitative estimate of drug-likeness (QED) is 0.793. The predicted molar refractivity (Wildman–Crippen MR) is 80.2 cm³/mol. The van der Waals surface area contributed by atoms with E-state index in [9.17, 15) is 0 Å². The van der Waals surface area contributed by atoms with Crippen LogP contribution in [-0.4, -0.2) is 36.5 Å². The van der Waals surface area contributed by atoms with Gasteiger partial charge in [-0.05, 0) is 40.5 Å². The molecular weight excluding hydrogens is 269 g/mol. The zero-order valence-corrected chi connectivity index (χ0v) is 13.3. The van der Waals surface area contributed by atoms with Crippen LogP contribution in [0.3, 0.4) is 0 Å². The van der Waals surface area contributed by atoms with Gasteiger partial charge < -0.3 is 18.8 Å². The van der Waals surface area contributed by atoms with Crippen molar-refractivity contribution in [3.05, 3.63) is 12.1 Å². The van der Waals surface area contributed by atoms with Crippen LogP contribution in [0.1, 0.15) is 40.5 Å². The van der Waals surface area contributed by atoms with E-state index in [1.54, 1.807) is 7.11 Å². The third-order valence-corrected chi connectivity index (χ3v) is 4.38. The summed E-state index contributed by atoms with van der Waals surface area (Å²) < 4.78 is 23.2. The summed E-state index contributed by atoms with van der Waals surface area (Å²) in [7, 11) is 1.12. The number of nitrogens with zero attached hydrogens (tertiary/aromatic N) is 1. The van der Waals surface area contributed by atoms with Gasteiger partial charge in [0.25, 0.3) is 0 Å². The van der Waals surface area contributed by atoms with Gasteiger partial charge in [0.1, 0.15) is 6.10 Å². The monoisotopic (exact) mass is 291 g/mol. The van der Waals surface area contributed by atoms with Crippen molar-refractivity contribution in [1.29, 1.82) is 0 Å². The average molecular weight is 291 g/mol. The summed E-state index contributed by atoms with van der Waals surface area (Å²) in [5.74, 6) is 1.08. The number of hydrogen-bond donors (Lipinski definition) is 0. The van der Waals surface area contributed by atoms with Crippen molar-refractivity contribution >= 4 is 12.6 Å². The van der Waals surface area contributed by atoms with Gasteiger partial charge in [-0.15, -0.1) is 0 Å². The first kappa shape index (κ1) is 14.7. The summed E-state index contributed by atoms with van der Waals surface area (Å²) in [6, 6.07) is 3.76. The molecule has 114 valence electrons. The van der Waals surface area contributed by atoms with Crippen molar-refractivity contribution in [2.75, 3.05) is 7.11 Å². The summed E-state index contributed by atoms with van der Waals surface area (Å²) >= 11 is 0. The minimum atomic E-state index is -0.479. The molecule has 0 atom stereocenters. The lowest BCUT2D eigenvalue weighted by molar-refractivity contribution is 0.00578. The van der Waals surface area contributed by atoms with Gasteiger partial charge >= 0.3 is 7.12 Å². The minimum absolute atomic E-state index is 0.310. The topological polar surface area (TPSA) is 49.8 Å². The Morgan fingerprint density at radius 3 is 2.29 bits per heavy atom. The molecule has 1 aromatic heterocycles. The Morgan fingerprint density at radius 2 is 1.76 bits per heavy atom. The van der Waals surface area contributed by atoms with Crippen LogP contribution in [0.4, 0.5) is 0 Å². The number of hydrogen-bond acceptors (Lipinski definition) is 5. The van der Waals surface area contributed by atoms with E-state index in [-0.39, 0.29) is 11.2 Å². The van der Waals surface area contributed by atoms with Gasteiger partial charge in [0.15, 0.2) is 0 Å². The molecule has 1 aliphatic heterocycles. The third kappa shape index (κ3) is 2.74. The molecule has 3 rings (SSSR count). The SMILES string of the molecule is COc1nc(OC2CC2)ccc1B1OC(C)(C)C(C)(C)O1. The molecular formula is C15H22BNO4. The van der Waals surface area contributed by atoms with Gasteiger partial charge in [-0.25, -0.2) is 0 Å². The second kappa shape index (κ2) is 4.88. The summed E-state index contributed by atoms with van der Waals surface area (Å²) in [5, 5.41) is 0. The molecule has 0 radical (unpaired) electrons. The van der Waals surface area contributed by atoms with Gasteiger partial charge in [-0.1, -0.05) is 6.07 Å². The fraction of sp³-hybridized carbons (Fsp3) is 0.667. The second-order valence-electron chi connectivity index (χ2n) is 6.65. The zero-order valence-electron chi connectivity index (χ0n) is 13.3. The molecule has 1 saturated heterocycles. The fourth-order valence-corrected chi connectivity index (χ4v) is 2.17. The Morgan fingerprint density at radius 1 is 1.14 bits per heavy atom. The van der Waals surface area contributed by atoms with Crippen molar-refractivity contribution in [3.8, 4) is 11.8 Å². The molecule has 2 heterocycles. The molecule has 1 aliphatic carbocycles. The molecule has 0 bridgehead atoms. The molecule has 21 heavy (non-hydrogen) atoms. The smallest absolute Gasteiger partial charge is 0.481 e. The summed E-state index contributed by atoms with van der Waals surface area (Å²) in [6.45, 7) is 8.10. The first-order valence-corrected chi connectivity index (χ1v) is 7.39. The normalized spacial score (nSPS) is 23.2. The zero-order chi connectivity index (χ0) is 15.3. The second-order valence-corrected chi connectivity index (χ2v) is 6.65. The maximum atomic E-state index is 6.04. The Labute approximate surface area is 126 Å². The summed E-state index contributed by atoms with van der Waals surface area (Å²) in [5.41, 5.74) is 0.0249. The van der Waals surface area contributed by atoms with Gasteiger partial charge in [-0.3, -0.25) is 0 Å². The van der Waals surface area contributed by atoms with Crippen molar-refractivity contribution in [2.45, 2.75) is 57.8 Å². The Hall–Kier alpha value is -1.27. The van der Waals surface area contributed by atoms with Crippen LogP contribution < -0.4 is 14.9 Å². The summed E-state index contributed by atoms with van der Waals surface area (Å²) in [6.07, 6.45) is 2.51. The van der Waals surface area contributed by atoms with Gasteiger partial charge in [0.2, 0.25) is 11.8 Å². The van der Waals surface area contributed by atoms with Crippen molar-refractivity contribution < 1.29 is 18.8 Å². The Balaban J connectivity index is 1.85. The largest absolute Gasteiger partial charge is 0.500 e. The first-order chi connectivity index (χ1) is 9.82. The van der Waals surface area contributed by atoms with E-state index >= 15 is 0 Å². The highest BCUT2D eigenvalue weighted by molar-refractivity contribution is 6.63. The van der Waals surface area contributed by atoms with Gasteiger partial charge in [-0.2, -0.15) is 4.98 Å². The molecule has 6 heteroatoms. The van der Waals surface area contributed by atoms with Crippen LogP contribution in [0.5, 0.6) is 11.8 Å². The maximum Gasteiger partial charge on any atom is 0.500 e. The molecule has 0 unspecified atom stereocenters. The first-order valence-electron chi connectivity index (χ1n) is 7.39. The van der Waals surface area contributed by atoms with E-state index in [4.69, 9.17) is 18.8 Å². The molecule has 2 aliphatic rings. The molecule has 0 N–H and O–H groups in total. The predicted octanol–water partition coefficient (Wildman–Crippen LogP) is 1.93. The molecule has 0 amide bonds. The highest BCUT2D eigenvalue weighted by Crippen LogP contribution is 2.37. The molecule has 0 spiro atoms. The standard InChI is InChI=1S/C15H22BNO4/c1-14(2)15(3,4)21-16(20-14)11-8-9-12(17-13(11)18-5)19-10-6-7-10/h8-10H,6-7H2,1-5H3. The third-order valence-electron chi connectivity index (χ3n) is 4.38. The lowest BCUT2D eigenvalue weighted by Gasteiger charge is -2.32. The van der Waals surface area contributed by atoms with Crippen LogP contribution in [0.25, 0.3) is 0 Å². The van der Waals surface area contributed by atoms with E-state index < -0.39 is 7.12 Å². The Bertz CT molecular complexity index is 526. The number of methoxy groups -OCH3 is 1. The van der Waals surface area contributed by atoms with E-state index in [2.05, 4.69) is 4.98 Å². The molecule has 5 nitrogen and oxygen atoms in total. The fourth-order valence-electron chi connectivity index (χ4n) is 2.17. The van der Waals surface area contributed by atoms with Crippen LogP contribution in [0.15, 0.2) is 12.1 Å². The van der Waals surface area contributed by atoms with Gasteiger partial charge in [0, 0.05) is 11.5 Å². The van der Waals surface area contributed by atoms with E-state index in [1.165, 1.54) is 0 Å². The Kier molecular flexibility index (Phi) is 3.41. The summed E-state index contributed by atoms with van der Waals surface area (Å²) in [4.78, 5) is 4.41. The van der Waals surface area contributed by atoms with Crippen molar-refractivity contribution in [3.63, 3.8) is 0 Å². The number of rotatable bonds is 4. The highest BCUT2D eigenvalue weighted by atomic mass is 16.7. The number of aromatic nitrogens is 1. The maximum absolute atomic E-state index is 6.04. The number of ether oxygens (including phenoxy) is 2. The van der Waals surface area contributed by atoms with E-state index in [1.807, 2.05) is 39.8 Å². The van der Waals surface area contributed by atoms with Crippen LogP contribution in [-0.2, 0) is 9.31 Å². The van der Waals surface area contributed by atoms with Crippen LogP contribution in [0, 0.1) is 0 Å². The molecule has 1 saturated carbocycles. The lowest BCUT2D eigenvalue weighted by atomic mass is 9.80. The lowest BCUT2D eigenvalue weighted by Crippen LogP contribution is -2.41. The van der Waals surface area contributed by atoms with Crippen LogP contribution in [0.2, 0.25) is 0 Å². The number of pyridine rings is 1. The molecule has 0 aromatic carbocycles. The average Bonchev–Trinajstić information content (AvgIpc) is 3.17. The highest BCUT2D eigenvalue weighted by Gasteiger charge is 2.52.